The monoisotopic (exact) mass is 283 g/mol. The van der Waals surface area contributed by atoms with Crippen molar-refractivity contribution >= 4 is 11.9 Å². The van der Waals surface area contributed by atoms with Crippen LogP contribution in [0.25, 0.3) is 0 Å². The molecule has 2 N–H and O–H groups in total. The molecule has 0 radical (unpaired) electrons. The van der Waals surface area contributed by atoms with Crippen LogP contribution < -0.4 is 10.1 Å². The van der Waals surface area contributed by atoms with Crippen LogP contribution in [0.2, 0.25) is 0 Å². The van der Waals surface area contributed by atoms with Gasteiger partial charge in [-0.15, -0.1) is 0 Å². The number of carbonyl (C=O) groups excluding carboxylic acids is 1. The van der Waals surface area contributed by atoms with Gasteiger partial charge in [-0.25, -0.2) is 4.39 Å². The van der Waals surface area contributed by atoms with Gasteiger partial charge in [0.1, 0.15) is 0 Å². The largest absolute Gasteiger partial charge is 0.494 e. The first-order valence-electron chi connectivity index (χ1n) is 6.34. The number of benzene rings is 1. The van der Waals surface area contributed by atoms with Crippen LogP contribution in [0.15, 0.2) is 18.2 Å². The fraction of sp³-hybridized carbons (Fsp3) is 0.429. The summed E-state index contributed by atoms with van der Waals surface area (Å²) in [6.07, 6.45) is 1.14. The zero-order chi connectivity index (χ0) is 15.1. The number of aliphatic carboxylic acids is 1. The maximum Gasteiger partial charge on any atom is 0.305 e. The minimum absolute atomic E-state index is 0.0530. The number of methoxy groups -OCH3 is 1. The molecule has 5 nitrogen and oxygen atoms in total. The molecule has 110 valence electrons. The first-order valence-corrected chi connectivity index (χ1v) is 6.34. The fourth-order valence-electron chi connectivity index (χ4n) is 1.86. The topological polar surface area (TPSA) is 75.6 Å². The average Bonchev–Trinajstić information content (AvgIpc) is 2.38. The summed E-state index contributed by atoms with van der Waals surface area (Å²) >= 11 is 0. The van der Waals surface area contributed by atoms with E-state index in [0.717, 1.165) is 12.5 Å². The molecule has 0 aliphatic rings. The Balaban J connectivity index is 2.77. The standard InChI is InChI=1S/C14H18FNO4/c1-3-4-10(8-13(17)18)16-14(19)9-5-6-12(20-2)11(15)7-9/h5-7,10H,3-4,8H2,1-2H3,(H,16,19)(H,17,18)/t10-/m0/s1. The lowest BCUT2D eigenvalue weighted by molar-refractivity contribution is -0.137. The highest BCUT2D eigenvalue weighted by Crippen LogP contribution is 2.17. The highest BCUT2D eigenvalue weighted by Gasteiger charge is 2.17. The Bertz CT molecular complexity index is 490. The van der Waals surface area contributed by atoms with Gasteiger partial charge in [-0.2, -0.15) is 0 Å². The number of rotatable bonds is 7. The first-order chi connectivity index (χ1) is 9.47. The summed E-state index contributed by atoms with van der Waals surface area (Å²) in [6.45, 7) is 1.90. The quantitative estimate of drug-likeness (QED) is 0.804. The van der Waals surface area contributed by atoms with E-state index in [4.69, 9.17) is 9.84 Å². The molecule has 6 heteroatoms. The number of carboxylic acids is 1. The van der Waals surface area contributed by atoms with Gasteiger partial charge in [-0.3, -0.25) is 9.59 Å². The average molecular weight is 283 g/mol. The molecule has 0 bridgehead atoms. The fourth-order valence-corrected chi connectivity index (χ4v) is 1.86. The molecule has 0 heterocycles. The molecular formula is C14H18FNO4. The molecule has 0 saturated heterocycles. The third-order valence-corrected chi connectivity index (χ3v) is 2.81. The molecule has 1 amide bonds. The Morgan fingerprint density at radius 1 is 1.45 bits per heavy atom. The van der Waals surface area contributed by atoms with E-state index in [-0.39, 0.29) is 17.7 Å². The maximum atomic E-state index is 13.5. The molecule has 0 aliphatic heterocycles. The minimum Gasteiger partial charge on any atom is -0.494 e. The van der Waals surface area contributed by atoms with E-state index in [1.165, 1.54) is 19.2 Å². The van der Waals surface area contributed by atoms with Gasteiger partial charge in [0.05, 0.1) is 13.5 Å². The predicted molar refractivity (Wildman–Crippen MR) is 71.4 cm³/mol. The van der Waals surface area contributed by atoms with Crippen molar-refractivity contribution in [1.82, 2.24) is 5.32 Å². The molecule has 20 heavy (non-hydrogen) atoms. The van der Waals surface area contributed by atoms with Crippen LogP contribution in [-0.4, -0.2) is 30.1 Å². The Morgan fingerprint density at radius 2 is 2.15 bits per heavy atom. The maximum absolute atomic E-state index is 13.5. The first kappa shape index (κ1) is 15.9. The molecule has 0 fully saturated rings. The van der Waals surface area contributed by atoms with Gasteiger partial charge in [0.25, 0.3) is 5.91 Å². The van der Waals surface area contributed by atoms with Crippen LogP contribution in [0.5, 0.6) is 5.75 Å². The van der Waals surface area contributed by atoms with Crippen molar-refractivity contribution in [3.8, 4) is 5.75 Å². The number of ether oxygens (including phenoxy) is 1. The predicted octanol–water partition coefficient (Wildman–Crippen LogP) is 2.21. The van der Waals surface area contributed by atoms with E-state index >= 15 is 0 Å². The van der Waals surface area contributed by atoms with Crippen molar-refractivity contribution in [3.63, 3.8) is 0 Å². The normalized spacial score (nSPS) is 11.8. The summed E-state index contributed by atoms with van der Waals surface area (Å²) < 4.78 is 18.3. The van der Waals surface area contributed by atoms with Crippen molar-refractivity contribution < 1.29 is 23.8 Å². The molecule has 1 aromatic rings. The molecule has 0 saturated carbocycles. The Hall–Kier alpha value is -2.11. The van der Waals surface area contributed by atoms with Crippen molar-refractivity contribution in [3.05, 3.63) is 29.6 Å². The zero-order valence-electron chi connectivity index (χ0n) is 11.5. The number of halogens is 1. The summed E-state index contributed by atoms with van der Waals surface area (Å²) in [5.74, 6) is -2.06. The van der Waals surface area contributed by atoms with Crippen LogP contribution in [-0.2, 0) is 4.79 Å². The molecule has 0 spiro atoms. The molecule has 1 atom stereocenters. The summed E-state index contributed by atoms with van der Waals surface area (Å²) in [5.41, 5.74) is 0.134. The van der Waals surface area contributed by atoms with E-state index in [1.54, 1.807) is 0 Å². The molecule has 0 aromatic heterocycles. The van der Waals surface area contributed by atoms with Crippen LogP contribution in [0.3, 0.4) is 0 Å². The van der Waals surface area contributed by atoms with Crippen molar-refractivity contribution in [1.29, 1.82) is 0 Å². The van der Waals surface area contributed by atoms with E-state index in [1.807, 2.05) is 6.92 Å². The number of nitrogens with one attached hydrogen (secondary N) is 1. The van der Waals surface area contributed by atoms with Gasteiger partial charge < -0.3 is 15.2 Å². The highest BCUT2D eigenvalue weighted by atomic mass is 19.1. The molecule has 0 unspecified atom stereocenters. The van der Waals surface area contributed by atoms with Gasteiger partial charge in [0.15, 0.2) is 11.6 Å². The number of hydrogen-bond acceptors (Lipinski definition) is 3. The molecule has 0 aliphatic carbocycles. The third kappa shape index (κ3) is 4.53. The van der Waals surface area contributed by atoms with Crippen molar-refractivity contribution in [2.45, 2.75) is 32.2 Å². The van der Waals surface area contributed by atoms with Crippen molar-refractivity contribution in [2.24, 2.45) is 0 Å². The number of amides is 1. The lowest BCUT2D eigenvalue weighted by atomic mass is 10.1. The van der Waals surface area contributed by atoms with Gasteiger partial charge in [-0.05, 0) is 24.6 Å². The summed E-state index contributed by atoms with van der Waals surface area (Å²) in [6, 6.07) is 3.39. The van der Waals surface area contributed by atoms with E-state index < -0.39 is 23.7 Å². The van der Waals surface area contributed by atoms with Crippen LogP contribution >= 0.6 is 0 Å². The van der Waals surface area contributed by atoms with Gasteiger partial charge >= 0.3 is 5.97 Å². The smallest absolute Gasteiger partial charge is 0.305 e. The summed E-state index contributed by atoms with van der Waals surface area (Å²) in [7, 11) is 1.34. The van der Waals surface area contributed by atoms with Gasteiger partial charge in [-0.1, -0.05) is 13.3 Å². The van der Waals surface area contributed by atoms with E-state index in [2.05, 4.69) is 5.32 Å². The minimum atomic E-state index is -0.982. The molecule has 1 aromatic carbocycles. The second-order valence-electron chi connectivity index (χ2n) is 4.41. The third-order valence-electron chi connectivity index (χ3n) is 2.81. The van der Waals surface area contributed by atoms with Gasteiger partial charge in [0, 0.05) is 11.6 Å². The SMILES string of the molecule is CCC[C@@H](CC(=O)O)NC(=O)c1ccc(OC)c(F)c1. The van der Waals surface area contributed by atoms with Crippen LogP contribution in [0.1, 0.15) is 36.5 Å². The molecular weight excluding hydrogens is 265 g/mol. The Morgan fingerprint density at radius 3 is 2.65 bits per heavy atom. The number of carboxylic acid groups (broad SMARTS) is 1. The lowest BCUT2D eigenvalue weighted by Gasteiger charge is -2.16. The lowest BCUT2D eigenvalue weighted by Crippen LogP contribution is -2.36. The van der Waals surface area contributed by atoms with E-state index in [0.29, 0.717) is 6.42 Å². The number of hydrogen-bond donors (Lipinski definition) is 2. The Kier molecular flexibility index (Phi) is 5.96. The summed E-state index contributed by atoms with van der Waals surface area (Å²) in [4.78, 5) is 22.7. The molecule has 1 rings (SSSR count). The highest BCUT2D eigenvalue weighted by molar-refractivity contribution is 5.94. The Labute approximate surface area is 116 Å². The van der Waals surface area contributed by atoms with Crippen molar-refractivity contribution in [2.75, 3.05) is 7.11 Å². The zero-order valence-corrected chi connectivity index (χ0v) is 11.5. The summed E-state index contributed by atoms with van der Waals surface area (Å²) in [5, 5.41) is 11.4. The second kappa shape index (κ2) is 7.47. The van der Waals surface area contributed by atoms with Crippen LogP contribution in [0, 0.1) is 5.82 Å². The van der Waals surface area contributed by atoms with Crippen LogP contribution in [0.4, 0.5) is 4.39 Å². The van der Waals surface area contributed by atoms with E-state index in [9.17, 15) is 14.0 Å². The van der Waals surface area contributed by atoms with Gasteiger partial charge in [0.2, 0.25) is 0 Å². The number of carbonyl (C=O) groups is 2. The second-order valence-corrected chi connectivity index (χ2v) is 4.41.